The Morgan fingerprint density at radius 3 is 2.65 bits per heavy atom. The van der Waals surface area contributed by atoms with Crippen molar-refractivity contribution >= 4 is 15.9 Å². The van der Waals surface area contributed by atoms with Gasteiger partial charge in [0.1, 0.15) is 0 Å². The highest BCUT2D eigenvalue weighted by Gasteiger charge is 2.28. The standard InChI is InChI=1S/C16H25N3O3S/c1-23(21,22)18-11-10-17-16(20)15-9-5-6-12-19(15)13-14-7-3-2-4-8-14/h2-4,7-8,15,18H,5-6,9-13H2,1H3,(H,17,20)/t15-/m0/s1. The third-order valence-corrected chi connectivity index (χ3v) is 4.66. The molecule has 1 atom stereocenters. The van der Waals surface area contributed by atoms with E-state index in [0.717, 1.165) is 38.6 Å². The van der Waals surface area contributed by atoms with Gasteiger partial charge in [-0.15, -0.1) is 0 Å². The predicted octanol–water partition coefficient (Wildman–Crippen LogP) is 0.707. The summed E-state index contributed by atoms with van der Waals surface area (Å²) >= 11 is 0. The summed E-state index contributed by atoms with van der Waals surface area (Å²) in [6.07, 6.45) is 4.10. The average molecular weight is 339 g/mol. The number of likely N-dealkylation sites (tertiary alicyclic amines) is 1. The summed E-state index contributed by atoms with van der Waals surface area (Å²) in [5, 5.41) is 2.83. The summed E-state index contributed by atoms with van der Waals surface area (Å²) in [5.41, 5.74) is 1.20. The van der Waals surface area contributed by atoms with Crippen LogP contribution in [0.15, 0.2) is 30.3 Å². The number of nitrogens with zero attached hydrogens (tertiary/aromatic N) is 1. The Kier molecular flexibility index (Phi) is 6.56. The maximum Gasteiger partial charge on any atom is 0.237 e. The van der Waals surface area contributed by atoms with Gasteiger partial charge in [-0.2, -0.15) is 0 Å². The summed E-state index contributed by atoms with van der Waals surface area (Å²) < 4.78 is 24.4. The Hall–Kier alpha value is -1.44. The van der Waals surface area contributed by atoms with Crippen LogP contribution in [0.2, 0.25) is 0 Å². The van der Waals surface area contributed by atoms with Crippen molar-refractivity contribution in [1.82, 2.24) is 14.9 Å². The number of piperidine rings is 1. The Labute approximate surface area is 138 Å². The highest BCUT2D eigenvalue weighted by molar-refractivity contribution is 7.88. The fourth-order valence-corrected chi connectivity index (χ4v) is 3.31. The zero-order chi connectivity index (χ0) is 16.7. The van der Waals surface area contributed by atoms with E-state index in [9.17, 15) is 13.2 Å². The zero-order valence-corrected chi connectivity index (χ0v) is 14.3. The van der Waals surface area contributed by atoms with Gasteiger partial charge in [-0.05, 0) is 24.9 Å². The number of hydrogen-bond acceptors (Lipinski definition) is 4. The molecule has 1 aliphatic heterocycles. The SMILES string of the molecule is CS(=O)(=O)NCCNC(=O)[C@@H]1CCCCN1Cc1ccccc1. The lowest BCUT2D eigenvalue weighted by Crippen LogP contribution is -2.50. The number of amides is 1. The van der Waals surface area contributed by atoms with Gasteiger partial charge >= 0.3 is 0 Å². The molecule has 1 amide bonds. The van der Waals surface area contributed by atoms with Gasteiger partial charge in [0.05, 0.1) is 12.3 Å². The van der Waals surface area contributed by atoms with E-state index in [0.29, 0.717) is 6.54 Å². The van der Waals surface area contributed by atoms with Crippen LogP contribution in [0.4, 0.5) is 0 Å². The van der Waals surface area contributed by atoms with Crippen molar-refractivity contribution in [3.05, 3.63) is 35.9 Å². The molecule has 0 aliphatic carbocycles. The molecule has 1 saturated heterocycles. The molecule has 2 N–H and O–H groups in total. The predicted molar refractivity (Wildman–Crippen MR) is 90.3 cm³/mol. The maximum absolute atomic E-state index is 12.4. The quantitative estimate of drug-likeness (QED) is 0.717. The van der Waals surface area contributed by atoms with Crippen LogP contribution >= 0.6 is 0 Å². The summed E-state index contributed by atoms with van der Waals surface area (Å²) in [4.78, 5) is 14.6. The first-order valence-electron chi connectivity index (χ1n) is 7.96. The van der Waals surface area contributed by atoms with Crippen molar-refractivity contribution in [3.63, 3.8) is 0 Å². The van der Waals surface area contributed by atoms with Crippen molar-refractivity contribution < 1.29 is 13.2 Å². The number of sulfonamides is 1. The number of carbonyl (C=O) groups is 1. The lowest BCUT2D eigenvalue weighted by atomic mass is 10.0. The van der Waals surface area contributed by atoms with Gasteiger partial charge in [0, 0.05) is 19.6 Å². The second-order valence-corrected chi connectivity index (χ2v) is 7.76. The lowest BCUT2D eigenvalue weighted by molar-refractivity contribution is -0.127. The molecule has 1 fully saturated rings. The largest absolute Gasteiger partial charge is 0.353 e. The van der Waals surface area contributed by atoms with Crippen LogP contribution in [0.25, 0.3) is 0 Å². The molecule has 1 aromatic carbocycles. The highest BCUT2D eigenvalue weighted by atomic mass is 32.2. The van der Waals surface area contributed by atoms with Gasteiger partial charge in [0.25, 0.3) is 0 Å². The normalized spacial score (nSPS) is 19.4. The first-order valence-corrected chi connectivity index (χ1v) is 9.85. The molecule has 1 heterocycles. The summed E-state index contributed by atoms with van der Waals surface area (Å²) in [5.74, 6) is -0.0177. The van der Waals surface area contributed by atoms with E-state index in [1.165, 1.54) is 5.56 Å². The van der Waals surface area contributed by atoms with Crippen molar-refractivity contribution in [2.45, 2.75) is 31.8 Å². The minimum Gasteiger partial charge on any atom is -0.353 e. The van der Waals surface area contributed by atoms with Crippen molar-refractivity contribution in [2.75, 3.05) is 25.9 Å². The van der Waals surface area contributed by atoms with Gasteiger partial charge in [0.2, 0.25) is 15.9 Å². The molecular formula is C16H25N3O3S. The van der Waals surface area contributed by atoms with Crippen LogP contribution in [0.5, 0.6) is 0 Å². The second kappa shape index (κ2) is 8.42. The van der Waals surface area contributed by atoms with E-state index >= 15 is 0 Å². The molecule has 2 rings (SSSR count). The maximum atomic E-state index is 12.4. The van der Waals surface area contributed by atoms with Crippen molar-refractivity contribution in [3.8, 4) is 0 Å². The molecule has 0 aromatic heterocycles. The van der Waals surface area contributed by atoms with E-state index in [1.807, 2.05) is 18.2 Å². The van der Waals surface area contributed by atoms with E-state index in [1.54, 1.807) is 0 Å². The minimum absolute atomic E-state index is 0.0177. The molecule has 0 bridgehead atoms. The number of carbonyl (C=O) groups excluding carboxylic acids is 1. The number of hydrogen-bond donors (Lipinski definition) is 2. The van der Waals surface area contributed by atoms with Crippen molar-refractivity contribution in [1.29, 1.82) is 0 Å². The van der Waals surface area contributed by atoms with E-state index in [2.05, 4.69) is 27.1 Å². The molecule has 23 heavy (non-hydrogen) atoms. The molecule has 1 aliphatic rings. The highest BCUT2D eigenvalue weighted by Crippen LogP contribution is 2.19. The van der Waals surface area contributed by atoms with Gasteiger partial charge < -0.3 is 5.32 Å². The zero-order valence-electron chi connectivity index (χ0n) is 13.5. The van der Waals surface area contributed by atoms with Crippen molar-refractivity contribution in [2.24, 2.45) is 0 Å². The molecule has 0 unspecified atom stereocenters. The van der Waals surface area contributed by atoms with Gasteiger partial charge in [-0.3, -0.25) is 9.69 Å². The van der Waals surface area contributed by atoms with Crippen LogP contribution < -0.4 is 10.0 Å². The molecule has 0 spiro atoms. The molecule has 0 radical (unpaired) electrons. The summed E-state index contributed by atoms with van der Waals surface area (Å²) in [7, 11) is -3.21. The van der Waals surface area contributed by atoms with Crippen LogP contribution in [0.3, 0.4) is 0 Å². The summed E-state index contributed by atoms with van der Waals surface area (Å²) in [6.45, 7) is 2.20. The smallest absolute Gasteiger partial charge is 0.237 e. The number of rotatable bonds is 7. The van der Waals surface area contributed by atoms with Crippen LogP contribution in [0, 0.1) is 0 Å². The monoisotopic (exact) mass is 339 g/mol. The summed E-state index contributed by atoms with van der Waals surface area (Å²) in [6, 6.07) is 10.00. The van der Waals surface area contributed by atoms with Gasteiger partial charge in [-0.1, -0.05) is 36.8 Å². The fourth-order valence-electron chi connectivity index (χ4n) is 2.84. The van der Waals surface area contributed by atoms with Crippen LogP contribution in [-0.2, 0) is 21.4 Å². The number of benzene rings is 1. The average Bonchev–Trinajstić information content (AvgIpc) is 2.52. The lowest BCUT2D eigenvalue weighted by Gasteiger charge is -2.34. The molecule has 7 heteroatoms. The molecule has 128 valence electrons. The van der Waals surface area contributed by atoms with Crippen LogP contribution in [-0.4, -0.2) is 51.2 Å². The molecule has 1 aromatic rings. The third-order valence-electron chi connectivity index (χ3n) is 3.93. The first-order chi connectivity index (χ1) is 11.0. The Balaban J connectivity index is 1.86. The van der Waals surface area contributed by atoms with E-state index in [-0.39, 0.29) is 18.5 Å². The van der Waals surface area contributed by atoms with E-state index < -0.39 is 10.0 Å². The molecule has 0 saturated carbocycles. The van der Waals surface area contributed by atoms with E-state index in [4.69, 9.17) is 0 Å². The Bertz CT molecular complexity index is 604. The number of nitrogens with one attached hydrogen (secondary N) is 2. The molecular weight excluding hydrogens is 314 g/mol. The Morgan fingerprint density at radius 2 is 1.96 bits per heavy atom. The topological polar surface area (TPSA) is 78.5 Å². The molecule has 6 nitrogen and oxygen atoms in total. The Morgan fingerprint density at radius 1 is 1.22 bits per heavy atom. The second-order valence-electron chi connectivity index (χ2n) is 5.93. The van der Waals surface area contributed by atoms with Crippen LogP contribution in [0.1, 0.15) is 24.8 Å². The minimum atomic E-state index is -3.21. The first kappa shape index (κ1) is 17.9. The fraction of sp³-hybridized carbons (Fsp3) is 0.562. The third kappa shape index (κ3) is 6.29. The van der Waals surface area contributed by atoms with Gasteiger partial charge in [-0.25, -0.2) is 13.1 Å². The van der Waals surface area contributed by atoms with Gasteiger partial charge in [0.15, 0.2) is 0 Å².